The minimum Gasteiger partial charge on any atom is -0.495 e. The molecule has 0 amide bonds. The number of benzene rings is 2. The summed E-state index contributed by atoms with van der Waals surface area (Å²) in [7, 11) is 1.43. The molecule has 5 rings (SSSR count). The molecule has 0 spiro atoms. The molecule has 4 atom stereocenters. The van der Waals surface area contributed by atoms with Crippen LogP contribution in [-0.4, -0.2) is 24.2 Å². The van der Waals surface area contributed by atoms with E-state index in [1.807, 2.05) is 20.8 Å². The van der Waals surface area contributed by atoms with Crippen molar-refractivity contribution in [3.63, 3.8) is 0 Å². The average molecular weight is 620 g/mol. The van der Waals surface area contributed by atoms with Crippen molar-refractivity contribution in [1.82, 2.24) is 0 Å². The van der Waals surface area contributed by atoms with Gasteiger partial charge < -0.3 is 24.1 Å². The highest BCUT2D eigenvalue weighted by Gasteiger charge is 2.51. The molecule has 2 aliphatic carbocycles. The van der Waals surface area contributed by atoms with Gasteiger partial charge in [0.1, 0.15) is 23.7 Å². The van der Waals surface area contributed by atoms with Crippen LogP contribution in [0.3, 0.4) is 0 Å². The third kappa shape index (κ3) is 4.74. The summed E-state index contributed by atoms with van der Waals surface area (Å²) >= 11 is 10.3. The van der Waals surface area contributed by atoms with E-state index in [4.69, 9.17) is 30.5 Å². The Bertz CT molecular complexity index is 1380. The molecular weight excluding hydrogens is 588 g/mol. The first-order chi connectivity index (χ1) is 18.5. The highest BCUT2D eigenvalue weighted by molar-refractivity contribution is 9.10. The minimum absolute atomic E-state index is 0.0405. The van der Waals surface area contributed by atoms with Crippen molar-refractivity contribution in [3.8, 4) is 23.0 Å². The lowest BCUT2D eigenvalue weighted by Gasteiger charge is -2.30. The van der Waals surface area contributed by atoms with Crippen LogP contribution in [0.15, 0.2) is 28.8 Å². The van der Waals surface area contributed by atoms with Crippen LogP contribution in [0.4, 0.5) is 0 Å². The standard InChI is InChI=1S/C30H32BrClO7/c1-14(2)10-20(33)18-8-9-21-22(25(18)36-5)28(34)37-13-19-24(32)15(3)23(31)27(26(19)38-21)39-29(35)30(4)12-16-6-7-17(30)11-16/h6-9,14,16-17,20,33H,10-13H2,1-5H3/t16?,17?,20-,30+/m0/s1. The molecule has 0 aromatic heterocycles. The molecular formula is C30H32BrClO7. The van der Waals surface area contributed by atoms with Crippen molar-refractivity contribution in [2.45, 2.75) is 59.7 Å². The second kappa shape index (κ2) is 10.5. The van der Waals surface area contributed by atoms with E-state index in [2.05, 4.69) is 28.1 Å². The first-order valence-electron chi connectivity index (χ1n) is 13.1. The average Bonchev–Trinajstić information content (AvgIpc) is 3.48. The fourth-order valence-electron chi connectivity index (χ4n) is 5.93. The van der Waals surface area contributed by atoms with Crippen LogP contribution in [0.25, 0.3) is 0 Å². The maximum absolute atomic E-state index is 13.6. The van der Waals surface area contributed by atoms with Crippen LogP contribution in [0.5, 0.6) is 23.0 Å². The van der Waals surface area contributed by atoms with Gasteiger partial charge in [-0.15, -0.1) is 0 Å². The van der Waals surface area contributed by atoms with Gasteiger partial charge >= 0.3 is 11.9 Å². The van der Waals surface area contributed by atoms with Gasteiger partial charge in [-0.2, -0.15) is 0 Å². The SMILES string of the molecule is COc1c([C@@H](O)CC(C)C)ccc2c1C(=O)OCc1c(Cl)c(C)c(Br)c(OC(=O)[C@]3(C)CC4C=CC3C4)c1O2. The Labute approximate surface area is 241 Å². The highest BCUT2D eigenvalue weighted by Crippen LogP contribution is 2.55. The van der Waals surface area contributed by atoms with Crippen molar-refractivity contribution in [2.75, 3.05) is 7.11 Å². The van der Waals surface area contributed by atoms with Gasteiger partial charge in [0, 0.05) is 5.56 Å². The Hall–Kier alpha value is -2.55. The van der Waals surface area contributed by atoms with Crippen molar-refractivity contribution in [3.05, 3.63) is 56.0 Å². The smallest absolute Gasteiger partial charge is 0.346 e. The van der Waals surface area contributed by atoms with Gasteiger partial charge in [-0.05, 0) is 84.5 Å². The maximum Gasteiger partial charge on any atom is 0.346 e. The summed E-state index contributed by atoms with van der Waals surface area (Å²) in [5.41, 5.74) is 0.856. The molecule has 2 aromatic carbocycles. The van der Waals surface area contributed by atoms with Crippen molar-refractivity contribution < 1.29 is 33.6 Å². The predicted octanol–water partition coefficient (Wildman–Crippen LogP) is 7.47. The van der Waals surface area contributed by atoms with Crippen LogP contribution < -0.4 is 14.2 Å². The van der Waals surface area contributed by atoms with E-state index >= 15 is 0 Å². The highest BCUT2D eigenvalue weighted by atomic mass is 79.9. The van der Waals surface area contributed by atoms with E-state index < -0.39 is 17.5 Å². The van der Waals surface area contributed by atoms with Gasteiger partial charge in [-0.25, -0.2) is 4.79 Å². The van der Waals surface area contributed by atoms with Gasteiger partial charge in [-0.1, -0.05) is 37.6 Å². The second-order valence-corrected chi connectivity index (χ2v) is 12.4. The number of rotatable bonds is 6. The Balaban J connectivity index is 1.61. The first kappa shape index (κ1) is 28.0. The molecule has 39 heavy (non-hydrogen) atoms. The number of halogens is 2. The van der Waals surface area contributed by atoms with Crippen molar-refractivity contribution >= 4 is 39.5 Å². The van der Waals surface area contributed by atoms with Gasteiger partial charge in [0.25, 0.3) is 0 Å². The number of esters is 2. The van der Waals surface area contributed by atoms with Gasteiger partial charge in [0.15, 0.2) is 11.5 Å². The Kier molecular flexibility index (Phi) is 7.50. The molecule has 1 aliphatic heterocycles. The topological polar surface area (TPSA) is 91.3 Å². The third-order valence-corrected chi connectivity index (χ3v) is 9.58. The minimum atomic E-state index is -0.852. The second-order valence-electron chi connectivity index (χ2n) is 11.3. The number of fused-ring (bicyclic) bond motifs is 4. The van der Waals surface area contributed by atoms with E-state index in [1.165, 1.54) is 7.11 Å². The summed E-state index contributed by atoms with van der Waals surface area (Å²) in [6, 6.07) is 3.25. The van der Waals surface area contributed by atoms with Crippen LogP contribution in [0, 0.1) is 30.1 Å². The molecule has 1 fully saturated rings. The monoisotopic (exact) mass is 618 g/mol. The molecule has 0 saturated heterocycles. The zero-order valence-corrected chi connectivity index (χ0v) is 24.9. The number of cyclic esters (lactones) is 1. The number of carbonyl (C=O) groups is 2. The van der Waals surface area contributed by atoms with E-state index in [0.717, 1.165) is 12.8 Å². The van der Waals surface area contributed by atoms with Crippen LogP contribution >= 0.6 is 27.5 Å². The summed E-state index contributed by atoms with van der Waals surface area (Å²) in [6.07, 6.45) is 5.56. The lowest BCUT2D eigenvalue weighted by atomic mass is 9.78. The van der Waals surface area contributed by atoms with E-state index in [9.17, 15) is 14.7 Å². The van der Waals surface area contributed by atoms with Crippen LogP contribution in [0.2, 0.25) is 5.02 Å². The number of aliphatic hydroxyl groups is 1. The zero-order valence-electron chi connectivity index (χ0n) is 22.6. The van der Waals surface area contributed by atoms with Crippen LogP contribution in [0.1, 0.15) is 73.2 Å². The maximum atomic E-state index is 13.6. The predicted molar refractivity (Wildman–Crippen MR) is 150 cm³/mol. The van der Waals surface area contributed by atoms with Gasteiger partial charge in [0.2, 0.25) is 0 Å². The molecule has 1 N–H and O–H groups in total. The van der Waals surface area contributed by atoms with Gasteiger partial charge in [0.05, 0.1) is 33.7 Å². The Morgan fingerprint density at radius 2 is 2.03 bits per heavy atom. The number of aliphatic hydroxyl groups excluding tert-OH is 1. The molecule has 7 nitrogen and oxygen atoms in total. The van der Waals surface area contributed by atoms with Crippen molar-refractivity contribution in [2.24, 2.45) is 23.2 Å². The lowest BCUT2D eigenvalue weighted by molar-refractivity contribution is -0.146. The Morgan fingerprint density at radius 1 is 1.28 bits per heavy atom. The molecule has 1 saturated carbocycles. The summed E-state index contributed by atoms with van der Waals surface area (Å²) in [6.45, 7) is 7.51. The van der Waals surface area contributed by atoms with E-state index in [0.29, 0.717) is 38.5 Å². The number of methoxy groups -OCH3 is 1. The molecule has 2 bridgehead atoms. The third-order valence-electron chi connectivity index (χ3n) is 8.11. The number of allylic oxidation sites excluding steroid dienone is 2. The molecule has 2 aromatic rings. The summed E-state index contributed by atoms with van der Waals surface area (Å²) in [5.74, 6) is 0.345. The first-order valence-corrected chi connectivity index (χ1v) is 14.3. The quantitative estimate of drug-likeness (QED) is 0.204. The summed E-state index contributed by atoms with van der Waals surface area (Å²) in [4.78, 5) is 26.9. The van der Waals surface area contributed by atoms with E-state index in [-0.39, 0.29) is 53.0 Å². The molecule has 1 heterocycles. The summed E-state index contributed by atoms with van der Waals surface area (Å²) in [5, 5.41) is 11.2. The van der Waals surface area contributed by atoms with Gasteiger partial charge in [-0.3, -0.25) is 4.79 Å². The van der Waals surface area contributed by atoms with Crippen LogP contribution in [-0.2, 0) is 16.1 Å². The number of carbonyl (C=O) groups excluding carboxylic acids is 2. The fourth-order valence-corrected chi connectivity index (χ4v) is 6.74. The zero-order chi connectivity index (χ0) is 28.2. The Morgan fingerprint density at radius 3 is 2.64 bits per heavy atom. The van der Waals surface area contributed by atoms with Crippen molar-refractivity contribution in [1.29, 1.82) is 0 Å². The molecule has 3 aliphatic rings. The number of hydrogen-bond acceptors (Lipinski definition) is 7. The number of ether oxygens (including phenoxy) is 4. The molecule has 9 heteroatoms. The fraction of sp³-hybridized carbons (Fsp3) is 0.467. The molecule has 2 unspecified atom stereocenters. The molecule has 208 valence electrons. The lowest BCUT2D eigenvalue weighted by Crippen LogP contribution is -2.35. The normalized spacial score (nSPS) is 23.9. The van der Waals surface area contributed by atoms with E-state index in [1.54, 1.807) is 19.1 Å². The largest absolute Gasteiger partial charge is 0.495 e. The number of hydrogen-bond donors (Lipinski definition) is 1. The summed E-state index contributed by atoms with van der Waals surface area (Å²) < 4.78 is 24.2. The molecule has 0 radical (unpaired) electrons.